The predicted octanol–water partition coefficient (Wildman–Crippen LogP) is 2.52. The second kappa shape index (κ2) is 6.92. The van der Waals surface area contributed by atoms with Crippen LogP contribution >= 0.6 is 11.3 Å². The van der Waals surface area contributed by atoms with Crippen molar-refractivity contribution in [2.75, 3.05) is 19.8 Å². The largest absolute Gasteiger partial charge is 0.381 e. The molecule has 106 valence electrons. The summed E-state index contributed by atoms with van der Waals surface area (Å²) in [7, 11) is 0. The van der Waals surface area contributed by atoms with Crippen molar-refractivity contribution in [3.05, 3.63) is 35.6 Å². The number of nitrogens with one attached hydrogen (secondary N) is 1. The summed E-state index contributed by atoms with van der Waals surface area (Å²) in [6.07, 6.45) is 6.85. The van der Waals surface area contributed by atoms with Crippen LogP contribution in [0.5, 0.6) is 0 Å². The van der Waals surface area contributed by atoms with E-state index in [-0.39, 0.29) is 0 Å². The Balaban J connectivity index is 1.50. The quantitative estimate of drug-likeness (QED) is 0.919. The van der Waals surface area contributed by atoms with E-state index in [0.717, 1.165) is 49.6 Å². The first-order valence-electron chi connectivity index (χ1n) is 7.08. The van der Waals surface area contributed by atoms with Gasteiger partial charge in [0.15, 0.2) is 0 Å². The Kier molecular flexibility index (Phi) is 4.73. The lowest BCUT2D eigenvalue weighted by Crippen LogP contribution is -2.35. The van der Waals surface area contributed by atoms with Gasteiger partial charge in [-0.25, -0.2) is 4.98 Å². The summed E-state index contributed by atoms with van der Waals surface area (Å²) in [5, 5.41) is 6.83. The molecule has 5 heteroatoms. The molecule has 4 nitrogen and oxygen atoms in total. The van der Waals surface area contributed by atoms with E-state index in [9.17, 15) is 0 Å². The summed E-state index contributed by atoms with van der Waals surface area (Å²) in [6, 6.07) is 4.62. The summed E-state index contributed by atoms with van der Waals surface area (Å²) in [4.78, 5) is 8.72. The fourth-order valence-corrected chi connectivity index (χ4v) is 3.22. The molecule has 0 amide bonds. The Hall–Kier alpha value is -1.30. The zero-order valence-corrected chi connectivity index (χ0v) is 12.2. The normalized spacial score (nSPS) is 16.4. The standard InChI is InChI=1S/C15H19N3OS/c1-6-16-7-2-12(1)15-18-14(11-20-15)3-8-17-13-4-9-19-10-5-13/h1-2,6-7,11,13,17H,3-5,8-10H2. The SMILES string of the molecule is c1cc(-c2nc(CCNC3CCOCC3)cs2)ccn1. The van der Waals surface area contributed by atoms with E-state index in [1.165, 1.54) is 5.69 Å². The molecule has 2 aromatic rings. The van der Waals surface area contributed by atoms with Gasteiger partial charge in [-0.15, -0.1) is 11.3 Å². The lowest BCUT2D eigenvalue weighted by molar-refractivity contribution is 0.0782. The summed E-state index contributed by atoms with van der Waals surface area (Å²) in [5.41, 5.74) is 2.31. The van der Waals surface area contributed by atoms with Gasteiger partial charge in [-0.3, -0.25) is 4.98 Å². The van der Waals surface area contributed by atoms with Crippen LogP contribution in [0, 0.1) is 0 Å². The first-order valence-corrected chi connectivity index (χ1v) is 7.96. The monoisotopic (exact) mass is 289 g/mol. The third-order valence-electron chi connectivity index (χ3n) is 3.51. The Labute approximate surface area is 123 Å². The predicted molar refractivity (Wildman–Crippen MR) is 80.9 cm³/mol. The smallest absolute Gasteiger partial charge is 0.123 e. The van der Waals surface area contributed by atoms with Crippen LogP contribution in [0.1, 0.15) is 18.5 Å². The van der Waals surface area contributed by atoms with Crippen molar-refractivity contribution < 1.29 is 4.74 Å². The van der Waals surface area contributed by atoms with Crippen LogP contribution in [0.2, 0.25) is 0 Å². The number of pyridine rings is 1. The highest BCUT2D eigenvalue weighted by molar-refractivity contribution is 7.13. The molecule has 1 N–H and O–H groups in total. The Bertz CT molecular complexity index is 523. The van der Waals surface area contributed by atoms with Crippen LogP contribution in [0.4, 0.5) is 0 Å². The zero-order chi connectivity index (χ0) is 13.6. The van der Waals surface area contributed by atoms with E-state index < -0.39 is 0 Å². The van der Waals surface area contributed by atoms with Gasteiger partial charge in [0, 0.05) is 55.6 Å². The summed E-state index contributed by atoms with van der Waals surface area (Å²) < 4.78 is 5.36. The number of hydrogen-bond donors (Lipinski definition) is 1. The molecule has 20 heavy (non-hydrogen) atoms. The molecule has 0 bridgehead atoms. The van der Waals surface area contributed by atoms with Gasteiger partial charge in [-0.2, -0.15) is 0 Å². The maximum Gasteiger partial charge on any atom is 0.123 e. The van der Waals surface area contributed by atoms with Gasteiger partial charge in [0.1, 0.15) is 5.01 Å². The number of hydrogen-bond acceptors (Lipinski definition) is 5. The number of rotatable bonds is 5. The summed E-state index contributed by atoms with van der Waals surface area (Å²) >= 11 is 1.70. The van der Waals surface area contributed by atoms with Gasteiger partial charge < -0.3 is 10.1 Å². The van der Waals surface area contributed by atoms with E-state index in [1.807, 2.05) is 24.5 Å². The van der Waals surface area contributed by atoms with Gasteiger partial charge in [0.25, 0.3) is 0 Å². The fourth-order valence-electron chi connectivity index (χ4n) is 2.35. The van der Waals surface area contributed by atoms with Crippen molar-refractivity contribution in [1.29, 1.82) is 0 Å². The minimum absolute atomic E-state index is 0.613. The van der Waals surface area contributed by atoms with Crippen LogP contribution in [-0.4, -0.2) is 35.8 Å². The van der Waals surface area contributed by atoms with Crippen molar-refractivity contribution in [1.82, 2.24) is 15.3 Å². The first-order chi connectivity index (χ1) is 9.92. The molecule has 0 aliphatic carbocycles. The minimum atomic E-state index is 0.613. The van der Waals surface area contributed by atoms with Gasteiger partial charge in [0.05, 0.1) is 5.69 Å². The average Bonchev–Trinajstić information content (AvgIpc) is 2.98. The third-order valence-corrected chi connectivity index (χ3v) is 4.45. The van der Waals surface area contributed by atoms with E-state index in [4.69, 9.17) is 4.74 Å². The molecule has 0 saturated carbocycles. The molecule has 1 aliphatic rings. The number of thiazole rings is 1. The highest BCUT2D eigenvalue weighted by Gasteiger charge is 2.12. The molecule has 0 aromatic carbocycles. The van der Waals surface area contributed by atoms with Crippen LogP contribution < -0.4 is 5.32 Å². The van der Waals surface area contributed by atoms with Crippen molar-refractivity contribution in [2.24, 2.45) is 0 Å². The van der Waals surface area contributed by atoms with Crippen molar-refractivity contribution in [3.8, 4) is 10.6 Å². The van der Waals surface area contributed by atoms with Crippen LogP contribution in [0.25, 0.3) is 10.6 Å². The lowest BCUT2D eigenvalue weighted by Gasteiger charge is -2.22. The topological polar surface area (TPSA) is 47.0 Å². The van der Waals surface area contributed by atoms with Crippen LogP contribution in [0.15, 0.2) is 29.9 Å². The number of ether oxygens (including phenoxy) is 1. The molecule has 0 atom stereocenters. The Morgan fingerprint density at radius 2 is 2.05 bits per heavy atom. The van der Waals surface area contributed by atoms with Crippen molar-refractivity contribution >= 4 is 11.3 Å². The molecule has 0 spiro atoms. The van der Waals surface area contributed by atoms with Crippen molar-refractivity contribution in [3.63, 3.8) is 0 Å². The van der Waals surface area contributed by atoms with E-state index in [1.54, 1.807) is 11.3 Å². The first kappa shape index (κ1) is 13.7. The third kappa shape index (κ3) is 3.62. The molecular formula is C15H19N3OS. The van der Waals surface area contributed by atoms with Gasteiger partial charge in [0.2, 0.25) is 0 Å². The van der Waals surface area contributed by atoms with E-state index >= 15 is 0 Å². The van der Waals surface area contributed by atoms with E-state index in [0.29, 0.717) is 6.04 Å². The van der Waals surface area contributed by atoms with Gasteiger partial charge in [-0.1, -0.05) is 0 Å². The zero-order valence-electron chi connectivity index (χ0n) is 11.4. The van der Waals surface area contributed by atoms with Gasteiger partial charge in [-0.05, 0) is 25.0 Å². The summed E-state index contributed by atoms with van der Waals surface area (Å²) in [5.74, 6) is 0. The van der Waals surface area contributed by atoms with Crippen molar-refractivity contribution in [2.45, 2.75) is 25.3 Å². The molecule has 0 radical (unpaired) electrons. The second-order valence-corrected chi connectivity index (χ2v) is 5.83. The maximum absolute atomic E-state index is 5.36. The molecule has 1 saturated heterocycles. The van der Waals surface area contributed by atoms with Crippen LogP contribution in [0.3, 0.4) is 0 Å². The molecule has 3 heterocycles. The number of aromatic nitrogens is 2. The maximum atomic E-state index is 5.36. The lowest BCUT2D eigenvalue weighted by atomic mass is 10.1. The Morgan fingerprint density at radius 3 is 2.85 bits per heavy atom. The molecule has 1 aliphatic heterocycles. The Morgan fingerprint density at radius 1 is 1.25 bits per heavy atom. The highest BCUT2D eigenvalue weighted by Crippen LogP contribution is 2.22. The minimum Gasteiger partial charge on any atom is -0.381 e. The van der Waals surface area contributed by atoms with Gasteiger partial charge >= 0.3 is 0 Å². The molecule has 0 unspecified atom stereocenters. The highest BCUT2D eigenvalue weighted by atomic mass is 32.1. The molecule has 3 rings (SSSR count). The van der Waals surface area contributed by atoms with E-state index in [2.05, 4.69) is 20.7 Å². The molecular weight excluding hydrogens is 270 g/mol. The average molecular weight is 289 g/mol. The second-order valence-electron chi connectivity index (χ2n) is 4.97. The summed E-state index contributed by atoms with van der Waals surface area (Å²) in [6.45, 7) is 2.77. The van der Waals surface area contributed by atoms with Crippen LogP contribution in [-0.2, 0) is 11.2 Å². The fraction of sp³-hybridized carbons (Fsp3) is 0.467. The number of nitrogens with zero attached hydrogens (tertiary/aromatic N) is 2. The molecule has 2 aromatic heterocycles. The molecule has 1 fully saturated rings.